The summed E-state index contributed by atoms with van der Waals surface area (Å²) in [5.74, 6) is 0.502. The number of rotatable bonds is 9. The number of carbonyl (C=O) groups is 1. The van der Waals surface area contributed by atoms with Crippen molar-refractivity contribution < 1.29 is 13.9 Å². The smallest absolute Gasteiger partial charge is 0.240 e. The first kappa shape index (κ1) is 24.4. The fourth-order valence-corrected chi connectivity index (χ4v) is 4.20. The maximum absolute atomic E-state index is 13.2. The van der Waals surface area contributed by atoms with Gasteiger partial charge in [-0.25, -0.2) is 9.82 Å². The summed E-state index contributed by atoms with van der Waals surface area (Å²) in [7, 11) is 1.67. The Bertz CT molecular complexity index is 1130. The molecule has 0 spiro atoms. The third kappa shape index (κ3) is 7.13. The van der Waals surface area contributed by atoms with Crippen molar-refractivity contribution in [1.29, 1.82) is 0 Å². The van der Waals surface area contributed by atoms with Crippen LogP contribution >= 0.6 is 0 Å². The monoisotopic (exact) mass is 474 g/mol. The number of nitrogens with zero attached hydrogens (tertiary/aromatic N) is 3. The van der Waals surface area contributed by atoms with Gasteiger partial charge in [0.25, 0.3) is 0 Å². The third-order valence-corrected chi connectivity index (χ3v) is 6.15. The van der Waals surface area contributed by atoms with Gasteiger partial charge in [-0.15, -0.1) is 0 Å². The van der Waals surface area contributed by atoms with Gasteiger partial charge in [0.1, 0.15) is 11.6 Å². The highest BCUT2D eigenvalue weighted by atomic mass is 19.1. The molecule has 0 atom stereocenters. The molecule has 1 aliphatic rings. The van der Waals surface area contributed by atoms with E-state index in [1.54, 1.807) is 13.3 Å². The van der Waals surface area contributed by atoms with Gasteiger partial charge in [0.05, 0.1) is 13.3 Å². The second kappa shape index (κ2) is 12.1. The minimum Gasteiger partial charge on any atom is -0.496 e. The molecule has 0 radical (unpaired) electrons. The summed E-state index contributed by atoms with van der Waals surface area (Å²) in [4.78, 5) is 16.8. The zero-order valence-electron chi connectivity index (χ0n) is 20.0. The molecule has 6 nitrogen and oxygen atoms in total. The van der Waals surface area contributed by atoms with Crippen LogP contribution in [-0.2, 0) is 17.8 Å². The van der Waals surface area contributed by atoms with Gasteiger partial charge in [0.2, 0.25) is 5.91 Å². The molecular formula is C28H31FN4O2. The number of benzene rings is 3. The van der Waals surface area contributed by atoms with E-state index in [0.29, 0.717) is 12.8 Å². The van der Waals surface area contributed by atoms with E-state index < -0.39 is 0 Å². The molecule has 1 amide bonds. The summed E-state index contributed by atoms with van der Waals surface area (Å²) in [5, 5.41) is 4.13. The largest absolute Gasteiger partial charge is 0.496 e. The summed E-state index contributed by atoms with van der Waals surface area (Å²) >= 11 is 0. The number of aryl methyl sites for hydroxylation is 1. The van der Waals surface area contributed by atoms with Gasteiger partial charge in [0.15, 0.2) is 0 Å². The van der Waals surface area contributed by atoms with Crippen LogP contribution in [0.2, 0.25) is 0 Å². The summed E-state index contributed by atoms with van der Waals surface area (Å²) < 4.78 is 18.8. The molecule has 0 saturated carbocycles. The van der Waals surface area contributed by atoms with E-state index in [0.717, 1.165) is 60.9 Å². The fraction of sp³-hybridized carbons (Fsp3) is 0.286. The van der Waals surface area contributed by atoms with Crippen molar-refractivity contribution >= 4 is 17.8 Å². The standard InChI is InChI=1S/C28H31FN4O2/c1-35-27-13-7-23(20-30-31-28(34)14-8-22-5-3-2-4-6-22)19-24(27)21-32-15-17-33(18-16-32)26-11-9-25(29)10-12-26/h2-7,9-13,19-20H,8,14-18,21H2,1H3,(H,31,34)/b30-20+. The van der Waals surface area contributed by atoms with Crippen molar-refractivity contribution in [2.45, 2.75) is 19.4 Å². The molecule has 0 unspecified atom stereocenters. The highest BCUT2D eigenvalue weighted by molar-refractivity contribution is 5.83. The lowest BCUT2D eigenvalue weighted by molar-refractivity contribution is -0.121. The first-order chi connectivity index (χ1) is 17.1. The van der Waals surface area contributed by atoms with Crippen molar-refractivity contribution in [3.63, 3.8) is 0 Å². The van der Waals surface area contributed by atoms with Gasteiger partial charge in [-0.1, -0.05) is 30.3 Å². The normalized spacial score (nSPS) is 14.3. The van der Waals surface area contributed by atoms with E-state index in [1.807, 2.05) is 60.7 Å². The van der Waals surface area contributed by atoms with Crippen LogP contribution in [0.4, 0.5) is 10.1 Å². The van der Waals surface area contributed by atoms with Crippen LogP contribution in [0.25, 0.3) is 0 Å². The quantitative estimate of drug-likeness (QED) is 0.372. The minimum absolute atomic E-state index is 0.113. The number of ether oxygens (including phenoxy) is 1. The Hall–Kier alpha value is -3.71. The van der Waals surface area contributed by atoms with Crippen molar-refractivity contribution in [2.24, 2.45) is 5.10 Å². The molecule has 0 bridgehead atoms. The molecule has 0 aromatic heterocycles. The molecule has 182 valence electrons. The Morgan fingerprint density at radius 2 is 1.77 bits per heavy atom. The maximum atomic E-state index is 13.2. The van der Waals surface area contributed by atoms with Gasteiger partial charge in [-0.3, -0.25) is 9.69 Å². The third-order valence-electron chi connectivity index (χ3n) is 6.15. The zero-order valence-corrected chi connectivity index (χ0v) is 20.0. The number of nitrogens with one attached hydrogen (secondary N) is 1. The summed E-state index contributed by atoms with van der Waals surface area (Å²) in [6.07, 6.45) is 2.73. The Labute approximate surface area is 206 Å². The molecular weight excluding hydrogens is 443 g/mol. The lowest BCUT2D eigenvalue weighted by atomic mass is 10.1. The van der Waals surface area contributed by atoms with Crippen LogP contribution in [0, 0.1) is 5.82 Å². The Balaban J connectivity index is 1.29. The van der Waals surface area contributed by atoms with Crippen molar-refractivity contribution in [3.8, 4) is 5.75 Å². The van der Waals surface area contributed by atoms with Crippen LogP contribution < -0.4 is 15.1 Å². The van der Waals surface area contributed by atoms with Gasteiger partial charge in [0, 0.05) is 50.4 Å². The predicted molar refractivity (Wildman–Crippen MR) is 137 cm³/mol. The summed E-state index contributed by atoms with van der Waals surface area (Å²) in [6, 6.07) is 22.5. The second-order valence-electron chi connectivity index (χ2n) is 8.59. The Morgan fingerprint density at radius 3 is 2.49 bits per heavy atom. The molecule has 7 heteroatoms. The second-order valence-corrected chi connectivity index (χ2v) is 8.59. The molecule has 3 aromatic rings. The summed E-state index contributed by atoms with van der Waals surface area (Å²) in [5.41, 5.74) is 6.76. The highest BCUT2D eigenvalue weighted by Crippen LogP contribution is 2.23. The molecule has 4 rings (SSSR count). The molecule has 35 heavy (non-hydrogen) atoms. The van der Waals surface area contributed by atoms with Gasteiger partial charge in [-0.2, -0.15) is 5.10 Å². The number of halogens is 1. The topological polar surface area (TPSA) is 57.2 Å². The minimum atomic E-state index is -0.213. The fourth-order valence-electron chi connectivity index (χ4n) is 4.20. The Kier molecular flexibility index (Phi) is 8.46. The van der Waals surface area contributed by atoms with Crippen molar-refractivity contribution in [3.05, 3.63) is 95.3 Å². The number of piperazine rings is 1. The maximum Gasteiger partial charge on any atom is 0.240 e. The first-order valence-electron chi connectivity index (χ1n) is 11.9. The van der Waals surface area contributed by atoms with Gasteiger partial charge in [-0.05, 0) is 60.0 Å². The van der Waals surface area contributed by atoms with Crippen LogP contribution in [-0.4, -0.2) is 50.3 Å². The van der Waals surface area contributed by atoms with Crippen LogP contribution in [0.3, 0.4) is 0 Å². The lowest BCUT2D eigenvalue weighted by Crippen LogP contribution is -2.46. The predicted octanol–water partition coefficient (Wildman–Crippen LogP) is 4.24. The average molecular weight is 475 g/mol. The molecule has 1 heterocycles. The number of hydrogen-bond acceptors (Lipinski definition) is 5. The van der Waals surface area contributed by atoms with E-state index in [4.69, 9.17) is 4.74 Å². The van der Waals surface area contributed by atoms with Crippen molar-refractivity contribution in [1.82, 2.24) is 10.3 Å². The first-order valence-corrected chi connectivity index (χ1v) is 11.9. The molecule has 0 aliphatic carbocycles. The van der Waals surface area contributed by atoms with Gasteiger partial charge >= 0.3 is 0 Å². The van der Waals surface area contributed by atoms with E-state index in [2.05, 4.69) is 20.3 Å². The number of amides is 1. The molecule has 3 aromatic carbocycles. The zero-order chi connectivity index (χ0) is 24.5. The SMILES string of the molecule is COc1ccc(/C=N/NC(=O)CCc2ccccc2)cc1CN1CCN(c2ccc(F)cc2)CC1. The van der Waals surface area contributed by atoms with E-state index >= 15 is 0 Å². The van der Waals surface area contributed by atoms with Crippen LogP contribution in [0.5, 0.6) is 5.75 Å². The number of hydrazone groups is 1. The molecule has 1 aliphatic heterocycles. The average Bonchev–Trinajstić information content (AvgIpc) is 2.89. The van der Waals surface area contributed by atoms with Crippen LogP contribution in [0.15, 0.2) is 77.9 Å². The van der Waals surface area contributed by atoms with Gasteiger partial charge < -0.3 is 9.64 Å². The van der Waals surface area contributed by atoms with E-state index in [9.17, 15) is 9.18 Å². The lowest BCUT2D eigenvalue weighted by Gasteiger charge is -2.36. The molecule has 1 fully saturated rings. The highest BCUT2D eigenvalue weighted by Gasteiger charge is 2.19. The number of methoxy groups -OCH3 is 1. The number of carbonyl (C=O) groups excluding carboxylic acids is 1. The van der Waals surface area contributed by atoms with E-state index in [1.165, 1.54) is 12.1 Å². The van der Waals surface area contributed by atoms with Crippen LogP contribution in [0.1, 0.15) is 23.1 Å². The molecule has 1 N–H and O–H groups in total. The summed E-state index contributed by atoms with van der Waals surface area (Å²) in [6.45, 7) is 4.31. The number of anilines is 1. The Morgan fingerprint density at radius 1 is 1.03 bits per heavy atom. The molecule has 1 saturated heterocycles. The number of hydrogen-bond donors (Lipinski definition) is 1. The van der Waals surface area contributed by atoms with Crippen molar-refractivity contribution in [2.75, 3.05) is 38.2 Å². The van der Waals surface area contributed by atoms with E-state index in [-0.39, 0.29) is 11.7 Å².